The molecule has 94 valence electrons. The van der Waals surface area contributed by atoms with Crippen molar-refractivity contribution < 1.29 is 29.4 Å². The van der Waals surface area contributed by atoms with Gasteiger partial charge in [0.2, 0.25) is 0 Å². The number of aliphatic carboxylic acids is 2. The second kappa shape index (κ2) is 14.8. The number of carboxylic acids is 2. The molecule has 0 heterocycles. The van der Waals surface area contributed by atoms with Crippen LogP contribution in [0.3, 0.4) is 0 Å². The monoisotopic (exact) mass is 258 g/mol. The van der Waals surface area contributed by atoms with Gasteiger partial charge in [-0.1, -0.05) is 0 Å². The zero-order chi connectivity index (χ0) is 14.4. The summed E-state index contributed by atoms with van der Waals surface area (Å²) in [4.78, 5) is 38.6. The van der Waals surface area contributed by atoms with Crippen molar-refractivity contribution in [3.05, 3.63) is 0 Å². The number of hydrogen-bond donors (Lipinski definition) is 0. The Morgan fingerprint density at radius 3 is 1.06 bits per heavy atom. The van der Waals surface area contributed by atoms with Gasteiger partial charge in [0.15, 0.2) is 0 Å². The molecule has 0 atom stereocenters. The minimum atomic E-state index is -1.31. The molecule has 7 heteroatoms. The number of carbonyl (C=O) groups is 4. The summed E-state index contributed by atoms with van der Waals surface area (Å²) in [6.07, 6.45) is -0.944. The van der Waals surface area contributed by atoms with Gasteiger partial charge in [0.1, 0.15) is 11.6 Å². The summed E-state index contributed by atoms with van der Waals surface area (Å²) in [5, 5.41) is 20.1. The summed E-state index contributed by atoms with van der Waals surface area (Å²) >= 11 is 2.58. The zero-order valence-electron chi connectivity index (χ0n) is 10.1. The first-order valence-corrected chi connectivity index (χ1v) is 5.57. The SMILES string of the molecule is CC(=O)CC(=O)[O-].CC(=O)CC(=O)[O-].C[CH2][Al+2]. The van der Waals surface area contributed by atoms with E-state index in [0.717, 1.165) is 0 Å². The average Bonchev–Trinajstić information content (AvgIpc) is 1.99. The molecule has 0 bridgehead atoms. The molecule has 0 aliphatic rings. The van der Waals surface area contributed by atoms with Crippen LogP contribution in [0.25, 0.3) is 0 Å². The molecule has 0 saturated carbocycles. The first-order chi connectivity index (χ1) is 7.67. The summed E-state index contributed by atoms with van der Waals surface area (Å²) in [5.74, 6) is -3.37. The van der Waals surface area contributed by atoms with Gasteiger partial charge in [-0.3, -0.25) is 9.59 Å². The predicted octanol–water partition coefficient (Wildman–Crippen LogP) is -1.98. The molecule has 17 heavy (non-hydrogen) atoms. The number of carbonyl (C=O) groups excluding carboxylic acids is 4. The number of rotatable bonds is 4. The third-order valence-corrected chi connectivity index (χ3v) is 0.787. The molecule has 0 fully saturated rings. The second-order valence-electron chi connectivity index (χ2n) is 2.91. The fraction of sp³-hybridized carbons (Fsp3) is 0.600. The maximum absolute atomic E-state index is 9.83. The van der Waals surface area contributed by atoms with Crippen molar-refractivity contribution in [1.82, 2.24) is 0 Å². The third kappa shape index (κ3) is 52.4. The van der Waals surface area contributed by atoms with E-state index in [1.54, 1.807) is 0 Å². The van der Waals surface area contributed by atoms with Gasteiger partial charge in [0, 0.05) is 24.8 Å². The van der Waals surface area contributed by atoms with Crippen LogP contribution in [0.15, 0.2) is 0 Å². The average molecular weight is 258 g/mol. The van der Waals surface area contributed by atoms with Crippen LogP contribution in [0.4, 0.5) is 0 Å². The molecule has 0 amide bonds. The van der Waals surface area contributed by atoms with Crippen LogP contribution in [0, 0.1) is 0 Å². The van der Waals surface area contributed by atoms with Crippen LogP contribution in [0.5, 0.6) is 0 Å². The van der Waals surface area contributed by atoms with Crippen LogP contribution < -0.4 is 10.2 Å². The van der Waals surface area contributed by atoms with Gasteiger partial charge in [0.05, 0.1) is 0 Å². The van der Waals surface area contributed by atoms with Gasteiger partial charge in [-0.25, -0.2) is 0 Å². The van der Waals surface area contributed by atoms with E-state index in [2.05, 4.69) is 23.2 Å². The fourth-order valence-electron chi connectivity index (χ4n) is 0.407. The quantitative estimate of drug-likeness (QED) is 0.426. The van der Waals surface area contributed by atoms with Crippen molar-refractivity contribution >= 4 is 39.8 Å². The molecule has 0 aromatic carbocycles. The Morgan fingerprint density at radius 1 is 0.882 bits per heavy atom. The minimum absolute atomic E-state index is 0.375. The standard InChI is InChI=1S/2C4H6O3.C2H5.Al/c2*1-3(5)2-4(6)7;1-2;/h2*2H2,1H3,(H,6,7);1H2,2H3;/q;;;+2/p-2. The Bertz CT molecular complexity index is 212. The summed E-state index contributed by atoms with van der Waals surface area (Å²) in [7, 11) is 0. The maximum atomic E-state index is 9.83. The molecule has 0 unspecified atom stereocenters. The molecule has 0 spiro atoms. The molecule has 0 radical (unpaired) electrons. The number of Topliss-reactive ketones (excluding diaryl/α,β-unsaturated/α-hetero) is 2. The van der Waals surface area contributed by atoms with Gasteiger partial charge in [-0.15, -0.1) is 0 Å². The Balaban J connectivity index is -0.000000188. The van der Waals surface area contributed by atoms with Gasteiger partial charge in [-0.2, -0.15) is 0 Å². The van der Waals surface area contributed by atoms with Crippen molar-refractivity contribution in [2.75, 3.05) is 0 Å². The molecule has 0 aliphatic carbocycles. The van der Waals surface area contributed by atoms with Crippen molar-refractivity contribution in [1.29, 1.82) is 0 Å². The van der Waals surface area contributed by atoms with E-state index in [0.29, 0.717) is 0 Å². The van der Waals surface area contributed by atoms with Crippen LogP contribution in [0.2, 0.25) is 5.28 Å². The molecular formula is C10H15AlO6. The number of hydrogen-bond acceptors (Lipinski definition) is 6. The molecule has 0 aromatic heterocycles. The van der Waals surface area contributed by atoms with Crippen LogP contribution in [-0.4, -0.2) is 39.8 Å². The summed E-state index contributed by atoms with van der Waals surface area (Å²) in [6, 6.07) is 0. The predicted molar refractivity (Wildman–Crippen MR) is 56.8 cm³/mol. The van der Waals surface area contributed by atoms with E-state index in [1.807, 2.05) is 0 Å². The van der Waals surface area contributed by atoms with Gasteiger partial charge >= 0.3 is 28.5 Å². The van der Waals surface area contributed by atoms with Gasteiger partial charge < -0.3 is 19.8 Å². The van der Waals surface area contributed by atoms with Crippen LogP contribution in [0.1, 0.15) is 33.6 Å². The molecule has 0 aliphatic heterocycles. The number of carboxylic acid groups (broad SMARTS) is 2. The summed E-state index contributed by atoms with van der Waals surface area (Å²) in [6.45, 7) is 4.50. The van der Waals surface area contributed by atoms with Gasteiger partial charge in [-0.05, 0) is 13.8 Å². The summed E-state index contributed by atoms with van der Waals surface area (Å²) in [5.41, 5.74) is 0. The topological polar surface area (TPSA) is 114 Å². The molecular weight excluding hydrogens is 243 g/mol. The second-order valence-corrected chi connectivity index (χ2v) is 3.73. The van der Waals surface area contributed by atoms with Crippen LogP contribution in [-0.2, 0) is 19.2 Å². The molecule has 6 nitrogen and oxygen atoms in total. The van der Waals surface area contributed by atoms with E-state index in [4.69, 9.17) is 0 Å². The van der Waals surface area contributed by atoms with E-state index in [1.165, 1.54) is 19.1 Å². The van der Waals surface area contributed by atoms with Crippen molar-refractivity contribution in [3.63, 3.8) is 0 Å². The summed E-state index contributed by atoms with van der Waals surface area (Å²) < 4.78 is 0. The van der Waals surface area contributed by atoms with Crippen molar-refractivity contribution in [3.8, 4) is 0 Å². The molecule has 0 rings (SSSR count). The Labute approximate surface area is 108 Å². The first kappa shape index (κ1) is 21.1. The fourth-order valence-corrected chi connectivity index (χ4v) is 0.407. The first-order valence-electron chi connectivity index (χ1n) is 4.75. The molecule has 0 aromatic rings. The van der Waals surface area contributed by atoms with Crippen molar-refractivity contribution in [2.45, 2.75) is 38.9 Å². The Kier molecular flexibility index (Phi) is 18.4. The third-order valence-electron chi connectivity index (χ3n) is 0.787. The van der Waals surface area contributed by atoms with E-state index >= 15 is 0 Å². The molecule has 0 saturated heterocycles. The Morgan fingerprint density at radius 2 is 1.06 bits per heavy atom. The van der Waals surface area contributed by atoms with E-state index in [-0.39, 0.29) is 11.6 Å². The Hall–Kier alpha value is -1.19. The van der Waals surface area contributed by atoms with E-state index < -0.39 is 24.8 Å². The van der Waals surface area contributed by atoms with Crippen molar-refractivity contribution in [2.24, 2.45) is 0 Å². The normalized spacial score (nSPS) is 7.82. The van der Waals surface area contributed by atoms with Gasteiger partial charge in [0.25, 0.3) is 0 Å². The number of ketones is 2. The molecule has 0 N–H and O–H groups in total. The van der Waals surface area contributed by atoms with E-state index in [9.17, 15) is 29.4 Å². The zero-order valence-corrected chi connectivity index (χ0v) is 11.3. The van der Waals surface area contributed by atoms with Crippen LogP contribution >= 0.6 is 0 Å².